The van der Waals surface area contributed by atoms with Crippen LogP contribution in [0.3, 0.4) is 0 Å². The number of aromatic nitrogens is 5. The minimum Gasteiger partial charge on any atom is -0.481 e. The first-order valence-electron chi connectivity index (χ1n) is 9.98. The molecule has 1 aromatic carbocycles. The predicted molar refractivity (Wildman–Crippen MR) is 121 cm³/mol. The standard InChI is InChI=1S/C24H19N7O/c1-15-18(5-4-10-26-15)16-6-8-20-19(11-16)23-21(13-27-20)30(2)24(29-14-25)31(23)17-7-9-22(32-3)28-12-17/h4-13H,1-3H3. The normalized spacial score (nSPS) is 11.8. The van der Waals surface area contributed by atoms with Crippen LogP contribution in [-0.4, -0.2) is 31.2 Å². The number of aryl methyl sites for hydroxylation is 2. The zero-order valence-electron chi connectivity index (χ0n) is 17.8. The zero-order chi connectivity index (χ0) is 22.2. The highest BCUT2D eigenvalue weighted by Gasteiger charge is 2.16. The molecule has 156 valence electrons. The van der Waals surface area contributed by atoms with E-state index in [1.165, 1.54) is 0 Å². The van der Waals surface area contributed by atoms with Gasteiger partial charge in [0.2, 0.25) is 17.7 Å². The van der Waals surface area contributed by atoms with Gasteiger partial charge in [-0.3, -0.25) is 14.5 Å². The predicted octanol–water partition coefficient (Wildman–Crippen LogP) is 3.67. The summed E-state index contributed by atoms with van der Waals surface area (Å²) in [5, 5.41) is 10.3. The molecular formula is C24H19N7O. The Labute approximate surface area is 183 Å². The van der Waals surface area contributed by atoms with Gasteiger partial charge < -0.3 is 9.30 Å². The summed E-state index contributed by atoms with van der Waals surface area (Å²) < 4.78 is 8.99. The number of pyridine rings is 3. The van der Waals surface area contributed by atoms with E-state index in [9.17, 15) is 5.26 Å². The van der Waals surface area contributed by atoms with Crippen molar-refractivity contribution >= 4 is 21.9 Å². The van der Waals surface area contributed by atoms with Gasteiger partial charge in [0, 0.05) is 36.0 Å². The molecule has 0 aliphatic heterocycles. The number of rotatable bonds is 3. The summed E-state index contributed by atoms with van der Waals surface area (Å²) in [7, 11) is 3.44. The van der Waals surface area contributed by atoms with Gasteiger partial charge in [-0.1, -0.05) is 12.1 Å². The largest absolute Gasteiger partial charge is 0.481 e. The Hall–Kier alpha value is -4.51. The Morgan fingerprint density at radius 2 is 1.94 bits per heavy atom. The summed E-state index contributed by atoms with van der Waals surface area (Å²) in [6, 6.07) is 13.8. The van der Waals surface area contributed by atoms with Gasteiger partial charge in [-0.15, -0.1) is 4.99 Å². The minimum absolute atomic E-state index is 0.478. The van der Waals surface area contributed by atoms with Crippen LogP contribution in [-0.2, 0) is 7.05 Å². The average molecular weight is 421 g/mol. The van der Waals surface area contributed by atoms with Gasteiger partial charge in [-0.2, -0.15) is 5.26 Å². The quantitative estimate of drug-likeness (QED) is 0.414. The van der Waals surface area contributed by atoms with Crippen LogP contribution in [0, 0.1) is 18.4 Å². The van der Waals surface area contributed by atoms with Crippen molar-refractivity contribution in [2.75, 3.05) is 7.11 Å². The van der Waals surface area contributed by atoms with Crippen molar-refractivity contribution in [1.82, 2.24) is 24.1 Å². The van der Waals surface area contributed by atoms with Gasteiger partial charge in [0.25, 0.3) is 0 Å². The second-order valence-corrected chi connectivity index (χ2v) is 7.33. The second kappa shape index (κ2) is 7.63. The molecule has 0 saturated heterocycles. The van der Waals surface area contributed by atoms with Crippen molar-refractivity contribution in [2.24, 2.45) is 12.0 Å². The molecule has 0 aliphatic rings. The fourth-order valence-electron chi connectivity index (χ4n) is 4.00. The third-order valence-electron chi connectivity index (χ3n) is 5.56. The van der Waals surface area contributed by atoms with E-state index in [-0.39, 0.29) is 0 Å². The van der Waals surface area contributed by atoms with Crippen molar-refractivity contribution in [2.45, 2.75) is 6.92 Å². The van der Waals surface area contributed by atoms with Crippen molar-refractivity contribution in [3.8, 4) is 28.9 Å². The molecule has 0 saturated carbocycles. The summed E-state index contributed by atoms with van der Waals surface area (Å²) in [6.07, 6.45) is 7.22. The Kier molecular flexibility index (Phi) is 4.64. The molecule has 5 aromatic rings. The molecule has 8 nitrogen and oxygen atoms in total. The summed E-state index contributed by atoms with van der Waals surface area (Å²) in [5.41, 5.74) is 6.87. The monoisotopic (exact) mass is 421 g/mol. The van der Waals surface area contributed by atoms with E-state index in [4.69, 9.17) is 4.74 Å². The van der Waals surface area contributed by atoms with E-state index in [2.05, 4.69) is 32.1 Å². The Morgan fingerprint density at radius 3 is 2.66 bits per heavy atom. The van der Waals surface area contributed by atoms with E-state index >= 15 is 0 Å². The lowest BCUT2D eigenvalue weighted by Gasteiger charge is -2.10. The highest BCUT2D eigenvalue weighted by Crippen LogP contribution is 2.30. The molecule has 4 heterocycles. The van der Waals surface area contributed by atoms with Gasteiger partial charge in [0.05, 0.1) is 41.7 Å². The number of imidazole rings is 1. The second-order valence-electron chi connectivity index (χ2n) is 7.33. The fourth-order valence-corrected chi connectivity index (χ4v) is 4.00. The van der Waals surface area contributed by atoms with Crippen molar-refractivity contribution in [3.63, 3.8) is 0 Å². The fraction of sp³-hybridized carbons (Fsp3) is 0.125. The molecule has 0 fully saturated rings. The van der Waals surface area contributed by atoms with Crippen LogP contribution in [0.2, 0.25) is 0 Å². The highest BCUT2D eigenvalue weighted by molar-refractivity contribution is 6.04. The maximum atomic E-state index is 9.36. The first kappa shape index (κ1) is 19.5. The molecule has 0 atom stereocenters. The van der Waals surface area contributed by atoms with Crippen LogP contribution in [0.1, 0.15) is 5.69 Å². The van der Waals surface area contributed by atoms with Crippen LogP contribution in [0.15, 0.2) is 66.0 Å². The van der Waals surface area contributed by atoms with Crippen LogP contribution >= 0.6 is 0 Å². The maximum Gasteiger partial charge on any atom is 0.226 e. The van der Waals surface area contributed by atoms with Crippen LogP contribution in [0.5, 0.6) is 5.88 Å². The van der Waals surface area contributed by atoms with Crippen molar-refractivity contribution in [3.05, 3.63) is 72.4 Å². The van der Waals surface area contributed by atoms with E-state index in [1.807, 2.05) is 53.6 Å². The first-order valence-corrected chi connectivity index (χ1v) is 9.98. The van der Waals surface area contributed by atoms with E-state index < -0.39 is 0 Å². The van der Waals surface area contributed by atoms with Gasteiger partial charge in [-0.05, 0) is 36.8 Å². The molecule has 32 heavy (non-hydrogen) atoms. The zero-order valence-corrected chi connectivity index (χ0v) is 17.8. The average Bonchev–Trinajstić information content (AvgIpc) is 3.11. The number of benzene rings is 1. The molecule has 8 heteroatoms. The number of methoxy groups -OCH3 is 1. The van der Waals surface area contributed by atoms with Crippen molar-refractivity contribution < 1.29 is 4.74 Å². The molecule has 0 spiro atoms. The summed E-state index contributed by atoms with van der Waals surface area (Å²) >= 11 is 0. The SMILES string of the molecule is COc1ccc(-n2c(=NC#N)n(C)c3cnc4ccc(-c5cccnc5C)cc4c32)cn1. The molecule has 0 radical (unpaired) electrons. The Morgan fingerprint density at radius 1 is 1.06 bits per heavy atom. The Bertz CT molecular complexity index is 1590. The van der Waals surface area contributed by atoms with Gasteiger partial charge in [-0.25, -0.2) is 4.98 Å². The van der Waals surface area contributed by atoms with Crippen LogP contribution in [0.25, 0.3) is 38.8 Å². The van der Waals surface area contributed by atoms with Gasteiger partial charge in [0.15, 0.2) is 0 Å². The molecular weight excluding hydrogens is 402 g/mol. The molecule has 0 N–H and O–H groups in total. The number of nitriles is 1. The van der Waals surface area contributed by atoms with Crippen molar-refractivity contribution in [1.29, 1.82) is 5.26 Å². The smallest absolute Gasteiger partial charge is 0.226 e. The lowest BCUT2D eigenvalue weighted by Crippen LogP contribution is -2.22. The number of hydrogen-bond acceptors (Lipinski definition) is 6. The highest BCUT2D eigenvalue weighted by atomic mass is 16.5. The molecule has 0 bridgehead atoms. The number of nitrogens with zero attached hydrogens (tertiary/aromatic N) is 7. The third-order valence-corrected chi connectivity index (χ3v) is 5.56. The van der Waals surface area contributed by atoms with E-state index in [0.29, 0.717) is 11.5 Å². The molecule has 0 unspecified atom stereocenters. The number of fused-ring (bicyclic) bond motifs is 3. The van der Waals surface area contributed by atoms with Crippen LogP contribution < -0.4 is 10.4 Å². The molecule has 0 aliphatic carbocycles. The lowest BCUT2D eigenvalue weighted by molar-refractivity contribution is 0.398. The molecule has 0 amide bonds. The summed E-state index contributed by atoms with van der Waals surface area (Å²) in [5.74, 6) is 0.509. The number of ether oxygens (including phenoxy) is 1. The summed E-state index contributed by atoms with van der Waals surface area (Å²) in [4.78, 5) is 17.5. The van der Waals surface area contributed by atoms with Crippen LogP contribution in [0.4, 0.5) is 0 Å². The van der Waals surface area contributed by atoms with E-state index in [0.717, 1.165) is 44.4 Å². The summed E-state index contributed by atoms with van der Waals surface area (Å²) in [6.45, 7) is 1.99. The minimum atomic E-state index is 0.478. The number of hydrogen-bond donors (Lipinski definition) is 0. The Balaban J connectivity index is 1.91. The maximum absolute atomic E-state index is 9.36. The third kappa shape index (κ3) is 2.99. The van der Waals surface area contributed by atoms with Gasteiger partial charge >= 0.3 is 0 Å². The topological polar surface area (TPSA) is 93.9 Å². The van der Waals surface area contributed by atoms with Gasteiger partial charge in [0.1, 0.15) is 0 Å². The first-order chi connectivity index (χ1) is 15.6. The molecule has 5 rings (SSSR count). The molecule has 4 aromatic heterocycles. The van der Waals surface area contributed by atoms with E-state index in [1.54, 1.807) is 31.8 Å². The lowest BCUT2D eigenvalue weighted by atomic mass is 10.0.